The highest BCUT2D eigenvalue weighted by atomic mass is 32.1. The largest absolute Gasteiger partial charge is 0.478 e. The van der Waals surface area contributed by atoms with Gasteiger partial charge in [0.25, 0.3) is 11.8 Å². The fourth-order valence-corrected chi connectivity index (χ4v) is 3.90. The molecule has 1 aliphatic rings. The lowest BCUT2D eigenvalue weighted by Crippen LogP contribution is -2.25. The maximum Gasteiger partial charge on any atom is 0.339 e. The van der Waals surface area contributed by atoms with Crippen LogP contribution in [-0.2, 0) is 6.42 Å². The fourth-order valence-electron chi connectivity index (χ4n) is 2.76. The number of aryl methyl sites for hydroxylation is 1. The lowest BCUT2D eigenvalue weighted by atomic mass is 10.1. The number of amides is 2. The Bertz CT molecular complexity index is 866. The molecular formula is C19H20N2O4S. The van der Waals surface area contributed by atoms with Gasteiger partial charge in [-0.05, 0) is 56.0 Å². The maximum atomic E-state index is 12.5. The molecular weight excluding hydrogens is 352 g/mol. The van der Waals surface area contributed by atoms with E-state index in [1.807, 2.05) is 13.8 Å². The lowest BCUT2D eigenvalue weighted by Gasteiger charge is -2.07. The normalized spacial score (nSPS) is 13.3. The number of carboxylic acid groups (broad SMARTS) is 1. The number of nitrogens with one attached hydrogen (secondary N) is 2. The van der Waals surface area contributed by atoms with Crippen LogP contribution in [0, 0.1) is 6.92 Å². The van der Waals surface area contributed by atoms with Gasteiger partial charge in [0.15, 0.2) is 0 Å². The van der Waals surface area contributed by atoms with Gasteiger partial charge in [-0.2, -0.15) is 0 Å². The third kappa shape index (κ3) is 3.77. The summed E-state index contributed by atoms with van der Waals surface area (Å²) in [5.41, 5.74) is 1.77. The first-order valence-corrected chi connectivity index (χ1v) is 9.30. The van der Waals surface area contributed by atoms with Crippen molar-refractivity contribution in [1.82, 2.24) is 5.32 Å². The lowest BCUT2D eigenvalue weighted by molar-refractivity contribution is 0.0697. The van der Waals surface area contributed by atoms with Crippen LogP contribution in [0.15, 0.2) is 24.3 Å². The number of hydrogen-bond donors (Lipinski definition) is 3. The Morgan fingerprint density at radius 3 is 2.19 bits per heavy atom. The van der Waals surface area contributed by atoms with E-state index in [4.69, 9.17) is 0 Å². The van der Waals surface area contributed by atoms with E-state index < -0.39 is 11.9 Å². The van der Waals surface area contributed by atoms with Crippen LogP contribution >= 0.6 is 11.3 Å². The van der Waals surface area contributed by atoms with Crippen molar-refractivity contribution in [2.75, 3.05) is 5.32 Å². The highest BCUT2D eigenvalue weighted by Crippen LogP contribution is 2.33. The number of carboxylic acids is 1. The number of anilines is 1. The molecule has 0 bridgehead atoms. The van der Waals surface area contributed by atoms with E-state index in [-0.39, 0.29) is 17.5 Å². The first-order chi connectivity index (χ1) is 12.4. The zero-order valence-corrected chi connectivity index (χ0v) is 15.4. The zero-order valence-electron chi connectivity index (χ0n) is 14.6. The van der Waals surface area contributed by atoms with Gasteiger partial charge in [-0.1, -0.05) is 6.92 Å². The average molecular weight is 372 g/mol. The second-order valence-corrected chi connectivity index (χ2v) is 7.50. The van der Waals surface area contributed by atoms with Crippen LogP contribution in [0.2, 0.25) is 0 Å². The summed E-state index contributed by atoms with van der Waals surface area (Å²) in [6, 6.07) is 6.61. The molecule has 6 nitrogen and oxygen atoms in total. The smallest absolute Gasteiger partial charge is 0.339 e. The van der Waals surface area contributed by atoms with E-state index in [0.29, 0.717) is 22.5 Å². The number of carbonyl (C=O) groups is 3. The standard InChI is InChI=1S/C19H20N2O4S/c1-3-14-10(2)26-18(15(14)19(24)25)21-17(23)12-6-4-11(5-7-12)16(22)20-13-8-9-13/h4-7,13H,3,8-9H2,1-2H3,(H,20,22)(H,21,23)(H,24,25). The van der Waals surface area contributed by atoms with Crippen molar-refractivity contribution in [2.24, 2.45) is 0 Å². The topological polar surface area (TPSA) is 95.5 Å². The van der Waals surface area contributed by atoms with Crippen LogP contribution in [0.25, 0.3) is 0 Å². The number of rotatable bonds is 6. The van der Waals surface area contributed by atoms with Crippen LogP contribution in [0.1, 0.15) is 61.3 Å². The molecule has 0 aliphatic heterocycles. The molecule has 1 fully saturated rings. The van der Waals surface area contributed by atoms with Crippen molar-refractivity contribution in [3.8, 4) is 0 Å². The number of aromatic carboxylic acids is 1. The molecule has 1 aromatic carbocycles. The molecule has 0 unspecified atom stereocenters. The monoisotopic (exact) mass is 372 g/mol. The summed E-state index contributed by atoms with van der Waals surface area (Å²) in [7, 11) is 0. The maximum absolute atomic E-state index is 12.5. The highest BCUT2D eigenvalue weighted by molar-refractivity contribution is 7.16. The van der Waals surface area contributed by atoms with E-state index in [2.05, 4.69) is 10.6 Å². The third-order valence-corrected chi connectivity index (χ3v) is 5.39. The van der Waals surface area contributed by atoms with E-state index in [0.717, 1.165) is 23.3 Å². The Morgan fingerprint density at radius 2 is 1.69 bits per heavy atom. The van der Waals surface area contributed by atoms with Crippen molar-refractivity contribution < 1.29 is 19.5 Å². The molecule has 0 spiro atoms. The molecule has 2 amide bonds. The van der Waals surface area contributed by atoms with Crippen LogP contribution in [0.3, 0.4) is 0 Å². The van der Waals surface area contributed by atoms with E-state index in [1.54, 1.807) is 24.3 Å². The van der Waals surface area contributed by atoms with Crippen molar-refractivity contribution in [3.63, 3.8) is 0 Å². The first kappa shape index (κ1) is 18.1. The molecule has 2 aromatic rings. The Balaban J connectivity index is 1.76. The van der Waals surface area contributed by atoms with Gasteiger partial charge in [0.2, 0.25) is 0 Å². The fraction of sp³-hybridized carbons (Fsp3) is 0.316. The first-order valence-electron chi connectivity index (χ1n) is 8.48. The van der Waals surface area contributed by atoms with Gasteiger partial charge in [-0.25, -0.2) is 4.79 Å². The van der Waals surface area contributed by atoms with E-state index in [1.165, 1.54) is 11.3 Å². The summed E-state index contributed by atoms with van der Waals surface area (Å²) >= 11 is 1.26. The van der Waals surface area contributed by atoms with Crippen molar-refractivity contribution in [2.45, 2.75) is 39.2 Å². The molecule has 3 rings (SSSR count). The van der Waals surface area contributed by atoms with Crippen molar-refractivity contribution >= 4 is 34.1 Å². The number of carbonyl (C=O) groups excluding carboxylic acids is 2. The SMILES string of the molecule is CCc1c(C)sc(NC(=O)c2ccc(C(=O)NC3CC3)cc2)c1C(=O)O. The van der Waals surface area contributed by atoms with Gasteiger partial charge in [0.05, 0.1) is 5.56 Å². The van der Waals surface area contributed by atoms with E-state index >= 15 is 0 Å². The predicted molar refractivity (Wildman–Crippen MR) is 100 cm³/mol. The van der Waals surface area contributed by atoms with Gasteiger partial charge in [0.1, 0.15) is 5.00 Å². The van der Waals surface area contributed by atoms with Gasteiger partial charge in [0, 0.05) is 22.0 Å². The Morgan fingerprint density at radius 1 is 1.12 bits per heavy atom. The van der Waals surface area contributed by atoms with Crippen LogP contribution in [-0.4, -0.2) is 28.9 Å². The minimum absolute atomic E-state index is 0.144. The Hall–Kier alpha value is -2.67. The second-order valence-electron chi connectivity index (χ2n) is 6.28. The van der Waals surface area contributed by atoms with Crippen LogP contribution < -0.4 is 10.6 Å². The third-order valence-electron chi connectivity index (χ3n) is 4.33. The predicted octanol–water partition coefficient (Wildman–Crippen LogP) is 3.46. The Kier molecular flexibility index (Phi) is 5.08. The molecule has 136 valence electrons. The summed E-state index contributed by atoms with van der Waals surface area (Å²) in [5, 5.41) is 15.4. The molecule has 1 saturated carbocycles. The molecule has 0 radical (unpaired) electrons. The zero-order chi connectivity index (χ0) is 18.8. The van der Waals surface area contributed by atoms with Crippen LogP contribution in [0.4, 0.5) is 5.00 Å². The molecule has 26 heavy (non-hydrogen) atoms. The minimum Gasteiger partial charge on any atom is -0.478 e. The molecule has 1 aromatic heterocycles. The van der Waals surface area contributed by atoms with Gasteiger partial charge in [-0.15, -0.1) is 11.3 Å². The highest BCUT2D eigenvalue weighted by Gasteiger charge is 2.24. The number of benzene rings is 1. The molecule has 3 N–H and O–H groups in total. The summed E-state index contributed by atoms with van der Waals surface area (Å²) in [4.78, 5) is 36.9. The molecule has 1 aliphatic carbocycles. The van der Waals surface area contributed by atoms with Crippen molar-refractivity contribution in [3.05, 3.63) is 51.4 Å². The summed E-state index contributed by atoms with van der Waals surface area (Å²) in [6.45, 7) is 3.73. The van der Waals surface area contributed by atoms with Crippen molar-refractivity contribution in [1.29, 1.82) is 0 Å². The molecule has 0 saturated heterocycles. The average Bonchev–Trinajstić information content (AvgIpc) is 3.36. The van der Waals surface area contributed by atoms with Crippen LogP contribution in [0.5, 0.6) is 0 Å². The van der Waals surface area contributed by atoms with E-state index in [9.17, 15) is 19.5 Å². The van der Waals surface area contributed by atoms with Gasteiger partial charge in [-0.3, -0.25) is 9.59 Å². The number of hydrogen-bond acceptors (Lipinski definition) is 4. The molecule has 7 heteroatoms. The van der Waals surface area contributed by atoms with Gasteiger partial charge >= 0.3 is 5.97 Å². The quantitative estimate of drug-likeness (QED) is 0.723. The second kappa shape index (κ2) is 7.29. The molecule has 0 atom stereocenters. The number of thiophene rings is 1. The Labute approximate surface area is 155 Å². The summed E-state index contributed by atoms with van der Waals surface area (Å²) in [6.07, 6.45) is 2.61. The minimum atomic E-state index is -1.05. The summed E-state index contributed by atoms with van der Waals surface area (Å²) < 4.78 is 0. The summed E-state index contributed by atoms with van der Waals surface area (Å²) in [5.74, 6) is -1.59. The molecule has 1 heterocycles. The van der Waals surface area contributed by atoms with Gasteiger partial charge < -0.3 is 15.7 Å².